The van der Waals surface area contributed by atoms with E-state index in [1.54, 1.807) is 0 Å². The maximum absolute atomic E-state index is 2.67. The van der Waals surface area contributed by atoms with Crippen LogP contribution >= 0.6 is 11.3 Å². The van der Waals surface area contributed by atoms with Gasteiger partial charge in [-0.3, -0.25) is 0 Å². The van der Waals surface area contributed by atoms with E-state index in [-0.39, 0.29) is 17.5 Å². The van der Waals surface area contributed by atoms with Crippen LogP contribution in [-0.4, -0.2) is 6.71 Å². The normalized spacial score (nSPS) is 14.3. The maximum atomic E-state index is 2.67. The Kier molecular flexibility index (Phi) is 9.25. The standard InChI is InChI=1S/C68H55BN2S/c1-42-38-59-62-60(39-42)71(48-34-31-45(32-35-48)66(2,3)4)63-61-53-36-33-46(67(5,6)7)41-56(53)68(54-28-18-16-26-51(54)52-27-17-19-29-55(52)68)64(61)72-65(63)69(62)57-37-30-44(40-58(57)70(59)47-22-12-9-13-23-47)50-25-15-14-24-49(50)43-20-10-8-11-21-43/h8-41H,1-7H3. The molecule has 2 aliphatic carbocycles. The van der Waals surface area contributed by atoms with Gasteiger partial charge in [-0.25, -0.2) is 0 Å². The third kappa shape index (κ3) is 6.02. The monoisotopic (exact) mass is 942 g/mol. The lowest BCUT2D eigenvalue weighted by Gasteiger charge is -2.44. The van der Waals surface area contributed by atoms with Crippen LogP contribution in [0.3, 0.4) is 0 Å². The third-order valence-corrected chi connectivity index (χ3v) is 17.6. The van der Waals surface area contributed by atoms with Gasteiger partial charge in [-0.05, 0) is 143 Å². The molecule has 4 aliphatic rings. The number of thiophene rings is 1. The molecule has 0 unspecified atom stereocenters. The molecule has 72 heavy (non-hydrogen) atoms. The van der Waals surface area contributed by atoms with Gasteiger partial charge in [0.2, 0.25) is 0 Å². The Morgan fingerprint density at radius 1 is 0.431 bits per heavy atom. The van der Waals surface area contributed by atoms with Crippen molar-refractivity contribution in [2.45, 2.75) is 64.7 Å². The Labute approximate surface area is 429 Å². The van der Waals surface area contributed by atoms with Gasteiger partial charge in [-0.15, -0.1) is 11.3 Å². The summed E-state index contributed by atoms with van der Waals surface area (Å²) in [5.41, 5.74) is 27.9. The number of aryl methyl sites for hydroxylation is 1. The summed E-state index contributed by atoms with van der Waals surface area (Å²) >= 11 is 2.07. The van der Waals surface area contributed by atoms with Crippen LogP contribution in [0, 0.1) is 6.92 Å². The lowest BCUT2D eigenvalue weighted by Crippen LogP contribution is -2.60. The minimum atomic E-state index is -0.494. The quantitative estimate of drug-likeness (QED) is 0.162. The molecule has 0 fully saturated rings. The Morgan fingerprint density at radius 2 is 0.972 bits per heavy atom. The number of hydrogen-bond donors (Lipinski definition) is 0. The molecule has 0 bridgehead atoms. The predicted octanol–water partition coefficient (Wildman–Crippen LogP) is 16.4. The van der Waals surface area contributed by atoms with Gasteiger partial charge in [-0.2, -0.15) is 0 Å². The lowest BCUT2D eigenvalue weighted by molar-refractivity contribution is 0.588. The number of nitrogens with zero attached hydrogens (tertiary/aromatic N) is 2. The smallest absolute Gasteiger partial charge is 0.264 e. The van der Waals surface area contributed by atoms with Crippen molar-refractivity contribution in [1.82, 2.24) is 0 Å². The van der Waals surface area contributed by atoms with Crippen molar-refractivity contribution in [3.8, 4) is 44.5 Å². The van der Waals surface area contributed by atoms with E-state index < -0.39 is 5.41 Å². The zero-order valence-electron chi connectivity index (χ0n) is 42.0. The topological polar surface area (TPSA) is 6.48 Å². The molecule has 346 valence electrons. The number of anilines is 6. The van der Waals surface area contributed by atoms with Crippen molar-refractivity contribution in [2.75, 3.05) is 9.80 Å². The van der Waals surface area contributed by atoms with Crippen LogP contribution in [0.25, 0.3) is 44.5 Å². The Bertz CT molecular complexity index is 3810. The molecule has 4 heteroatoms. The van der Waals surface area contributed by atoms with Gasteiger partial charge in [0.05, 0.1) is 11.1 Å². The Hall–Kier alpha value is -7.66. The molecule has 1 aromatic heterocycles. The minimum Gasteiger partial charge on any atom is -0.311 e. The fourth-order valence-electron chi connectivity index (χ4n) is 12.9. The van der Waals surface area contributed by atoms with Crippen LogP contribution < -0.4 is 25.5 Å². The first-order valence-electron chi connectivity index (χ1n) is 25.6. The highest BCUT2D eigenvalue weighted by Gasteiger charge is 2.57. The molecule has 0 atom stereocenters. The molecule has 2 aliphatic heterocycles. The summed E-state index contributed by atoms with van der Waals surface area (Å²) in [6.45, 7) is 16.3. The van der Waals surface area contributed by atoms with Gasteiger partial charge in [0.25, 0.3) is 6.71 Å². The molecule has 0 saturated carbocycles. The molecule has 9 aromatic carbocycles. The van der Waals surface area contributed by atoms with E-state index in [0.29, 0.717) is 0 Å². The Balaban J connectivity index is 1.11. The summed E-state index contributed by atoms with van der Waals surface area (Å²) in [6.07, 6.45) is 0. The second-order valence-electron chi connectivity index (χ2n) is 22.5. The molecule has 2 nitrogen and oxygen atoms in total. The van der Waals surface area contributed by atoms with Crippen molar-refractivity contribution < 1.29 is 0 Å². The fraction of sp³-hybridized carbons (Fsp3) is 0.147. The van der Waals surface area contributed by atoms with Gasteiger partial charge in [0.1, 0.15) is 0 Å². The number of benzene rings is 9. The summed E-state index contributed by atoms with van der Waals surface area (Å²) in [5.74, 6) is 0. The molecule has 0 N–H and O–H groups in total. The van der Waals surface area contributed by atoms with Crippen LogP contribution in [0.4, 0.5) is 34.1 Å². The molecule has 3 heterocycles. The molecule has 0 radical (unpaired) electrons. The average molecular weight is 943 g/mol. The number of rotatable bonds is 4. The number of hydrogen-bond acceptors (Lipinski definition) is 3. The fourth-order valence-corrected chi connectivity index (χ4v) is 14.6. The third-order valence-electron chi connectivity index (χ3n) is 16.2. The van der Waals surface area contributed by atoms with Crippen molar-refractivity contribution >= 4 is 67.9 Å². The maximum Gasteiger partial charge on any atom is 0.264 e. The summed E-state index contributed by atoms with van der Waals surface area (Å²) in [5, 5.41) is 0. The first-order valence-corrected chi connectivity index (χ1v) is 26.4. The minimum absolute atomic E-state index is 0.0164. The van der Waals surface area contributed by atoms with Gasteiger partial charge in [-0.1, -0.05) is 205 Å². The van der Waals surface area contributed by atoms with E-state index in [2.05, 4.69) is 276 Å². The van der Waals surface area contributed by atoms with E-state index in [1.807, 2.05) is 0 Å². The second-order valence-corrected chi connectivity index (χ2v) is 23.6. The van der Waals surface area contributed by atoms with Crippen LogP contribution in [0.1, 0.15) is 79.8 Å². The van der Waals surface area contributed by atoms with Gasteiger partial charge < -0.3 is 9.80 Å². The highest BCUT2D eigenvalue weighted by molar-refractivity contribution is 7.30. The van der Waals surface area contributed by atoms with E-state index in [0.717, 1.165) is 5.69 Å². The molecule has 1 spiro atoms. The van der Waals surface area contributed by atoms with Gasteiger partial charge in [0.15, 0.2) is 0 Å². The zero-order valence-corrected chi connectivity index (χ0v) is 42.8. The average Bonchev–Trinajstić information content (AvgIpc) is 4.02. The van der Waals surface area contributed by atoms with E-state index in [9.17, 15) is 0 Å². The number of fused-ring (bicyclic) bond motifs is 15. The zero-order chi connectivity index (χ0) is 48.8. The lowest BCUT2D eigenvalue weighted by atomic mass is 9.36. The Morgan fingerprint density at radius 3 is 1.61 bits per heavy atom. The number of para-hydroxylation sites is 1. The second kappa shape index (κ2) is 15.4. The highest BCUT2D eigenvalue weighted by Crippen LogP contribution is 2.67. The van der Waals surface area contributed by atoms with Crippen molar-refractivity contribution in [3.63, 3.8) is 0 Å². The molecular weight excluding hydrogens is 888 g/mol. The molecule has 0 saturated heterocycles. The van der Waals surface area contributed by atoms with E-state index >= 15 is 0 Å². The predicted molar refractivity (Wildman–Crippen MR) is 308 cm³/mol. The molecule has 0 amide bonds. The van der Waals surface area contributed by atoms with Crippen LogP contribution in [0.15, 0.2) is 206 Å². The van der Waals surface area contributed by atoms with Crippen molar-refractivity contribution in [3.05, 3.63) is 245 Å². The summed E-state index contributed by atoms with van der Waals surface area (Å²) in [4.78, 5) is 6.66. The van der Waals surface area contributed by atoms with E-state index in [1.165, 1.54) is 127 Å². The largest absolute Gasteiger partial charge is 0.311 e. The van der Waals surface area contributed by atoms with E-state index in [4.69, 9.17) is 0 Å². The molecule has 14 rings (SSSR count). The summed E-state index contributed by atoms with van der Waals surface area (Å²) in [7, 11) is 0. The van der Waals surface area contributed by atoms with Crippen LogP contribution in [-0.2, 0) is 16.2 Å². The van der Waals surface area contributed by atoms with Crippen molar-refractivity contribution in [2.24, 2.45) is 0 Å². The van der Waals surface area contributed by atoms with Crippen LogP contribution in [0.5, 0.6) is 0 Å². The summed E-state index contributed by atoms with van der Waals surface area (Å²) < 4.78 is 1.40. The summed E-state index contributed by atoms with van der Waals surface area (Å²) in [6, 6.07) is 78.7. The molecule has 10 aromatic rings. The van der Waals surface area contributed by atoms with Gasteiger partial charge >= 0.3 is 0 Å². The van der Waals surface area contributed by atoms with Crippen molar-refractivity contribution in [1.29, 1.82) is 0 Å². The SMILES string of the molecule is Cc1cc2c3c(c1)N(c1ccc(C(C)(C)C)cc1)c1c(sc4c1-c1ccc(C(C)(C)C)cc1C41c4ccccc4-c4ccccc41)B3c1ccc(-c3ccccc3-c3ccccc3)cc1N2c1ccccc1. The van der Waals surface area contributed by atoms with Gasteiger partial charge in [0, 0.05) is 43.7 Å². The first-order chi connectivity index (χ1) is 34.9. The molecular formula is C68H55BN2S. The highest BCUT2D eigenvalue weighted by atomic mass is 32.1. The first kappa shape index (κ1) is 43.2. The van der Waals surface area contributed by atoms with Crippen LogP contribution in [0.2, 0.25) is 0 Å².